The van der Waals surface area contributed by atoms with E-state index in [0.717, 1.165) is 5.56 Å². The average Bonchev–Trinajstić information content (AvgIpc) is 3.01. The number of halogens is 5. The zero-order valence-corrected chi connectivity index (χ0v) is 20.2. The highest BCUT2D eigenvalue weighted by atomic mass is 35.5. The van der Waals surface area contributed by atoms with Crippen molar-refractivity contribution in [2.45, 2.75) is 19.9 Å². The molecule has 0 aromatic heterocycles. The first-order valence-corrected chi connectivity index (χ1v) is 10.8. The number of fused-ring (bicyclic) bond motifs is 1. The van der Waals surface area contributed by atoms with Crippen molar-refractivity contribution in [3.8, 4) is 0 Å². The van der Waals surface area contributed by atoms with Gasteiger partial charge in [0.15, 0.2) is 6.61 Å². The molecule has 0 radical (unpaired) electrons. The Balaban J connectivity index is 1.72. The molecule has 1 N–H and O–H groups in total. The molecule has 0 spiro atoms. The van der Waals surface area contributed by atoms with Crippen LogP contribution in [0.1, 0.15) is 33.2 Å². The summed E-state index contributed by atoms with van der Waals surface area (Å²) in [7, 11) is 0. The Morgan fingerprint density at radius 2 is 1.50 bits per heavy atom. The van der Waals surface area contributed by atoms with Crippen LogP contribution in [-0.4, -0.2) is 41.2 Å². The van der Waals surface area contributed by atoms with Gasteiger partial charge in [-0.3, -0.25) is 19.3 Å². The number of aryl methyl sites for hydroxylation is 1. The minimum absolute atomic E-state index is 0.191. The number of carbonyl (C=O) groups excluding carboxylic acids is 4. The number of benzene rings is 2. The van der Waals surface area contributed by atoms with Crippen molar-refractivity contribution in [1.29, 1.82) is 0 Å². The fourth-order valence-corrected chi connectivity index (χ4v) is 4.18. The Kier molecular flexibility index (Phi) is 7.27. The maximum atomic E-state index is 12.8. The van der Waals surface area contributed by atoms with Gasteiger partial charge in [-0.15, -0.1) is 0 Å². The standard InChI is InChI=1S/C20H13Cl5N2O5/c1-7-3-4-9(21)5-10(7)26-11(28)6-32-20(31)8(2)27-18(29)12-13(19(27)30)15(23)17(25)16(24)14(12)22/h3-5,8H,6H2,1-2H3,(H,26,28)/t8-/m1/s1. The number of rotatable bonds is 5. The number of carbonyl (C=O) groups is 4. The largest absolute Gasteiger partial charge is 0.454 e. The maximum Gasteiger partial charge on any atom is 0.329 e. The summed E-state index contributed by atoms with van der Waals surface area (Å²) >= 11 is 30.0. The van der Waals surface area contributed by atoms with Crippen LogP contribution in [0.5, 0.6) is 0 Å². The lowest BCUT2D eigenvalue weighted by molar-refractivity contribution is -0.150. The summed E-state index contributed by atoms with van der Waals surface area (Å²) in [6.45, 7) is 2.36. The van der Waals surface area contributed by atoms with E-state index < -0.39 is 36.3 Å². The molecule has 168 valence electrons. The molecule has 2 aromatic carbocycles. The molecule has 0 unspecified atom stereocenters. The van der Waals surface area contributed by atoms with Crippen LogP contribution in [-0.2, 0) is 14.3 Å². The lowest BCUT2D eigenvalue weighted by Gasteiger charge is -2.21. The van der Waals surface area contributed by atoms with Gasteiger partial charge in [0.25, 0.3) is 17.7 Å². The van der Waals surface area contributed by atoms with E-state index in [1.165, 1.54) is 6.92 Å². The summed E-state index contributed by atoms with van der Waals surface area (Å²) in [4.78, 5) is 50.8. The van der Waals surface area contributed by atoms with E-state index >= 15 is 0 Å². The molecule has 1 heterocycles. The van der Waals surface area contributed by atoms with Crippen molar-refractivity contribution in [1.82, 2.24) is 4.90 Å². The summed E-state index contributed by atoms with van der Waals surface area (Å²) in [6, 6.07) is 3.54. The zero-order chi connectivity index (χ0) is 23.9. The second-order valence-corrected chi connectivity index (χ2v) is 8.73. The second kappa shape index (κ2) is 9.45. The van der Waals surface area contributed by atoms with Crippen molar-refractivity contribution >= 4 is 87.4 Å². The molecule has 1 aliphatic rings. The number of nitrogens with one attached hydrogen (secondary N) is 1. The Labute approximate surface area is 207 Å². The number of esters is 1. The van der Waals surface area contributed by atoms with Crippen LogP contribution in [0.25, 0.3) is 0 Å². The third-order valence-electron chi connectivity index (χ3n) is 4.68. The van der Waals surface area contributed by atoms with Gasteiger partial charge in [0, 0.05) is 10.7 Å². The van der Waals surface area contributed by atoms with Gasteiger partial charge in [0.2, 0.25) is 0 Å². The monoisotopic (exact) mass is 536 g/mol. The summed E-state index contributed by atoms with van der Waals surface area (Å²) in [5.74, 6) is -3.41. The Hall–Kier alpha value is -2.03. The van der Waals surface area contributed by atoms with Crippen LogP contribution in [0.3, 0.4) is 0 Å². The molecule has 0 fully saturated rings. The van der Waals surface area contributed by atoms with Gasteiger partial charge >= 0.3 is 5.97 Å². The van der Waals surface area contributed by atoms with E-state index in [0.29, 0.717) is 15.6 Å². The first-order valence-electron chi connectivity index (χ1n) is 8.92. The van der Waals surface area contributed by atoms with E-state index in [-0.39, 0.29) is 31.2 Å². The minimum atomic E-state index is -1.38. The van der Waals surface area contributed by atoms with E-state index in [1.54, 1.807) is 25.1 Å². The highest BCUT2D eigenvalue weighted by Gasteiger charge is 2.45. The van der Waals surface area contributed by atoms with Crippen molar-refractivity contribution in [2.75, 3.05) is 11.9 Å². The number of ether oxygens (including phenoxy) is 1. The second-order valence-electron chi connectivity index (χ2n) is 6.78. The molecule has 12 heteroatoms. The molecule has 1 aliphatic heterocycles. The van der Waals surface area contributed by atoms with E-state index in [1.807, 2.05) is 0 Å². The highest BCUT2D eigenvalue weighted by molar-refractivity contribution is 6.55. The maximum absolute atomic E-state index is 12.8. The molecule has 0 aliphatic carbocycles. The fourth-order valence-electron chi connectivity index (χ4n) is 3.00. The number of amides is 3. The summed E-state index contributed by atoms with van der Waals surface area (Å²) < 4.78 is 4.98. The predicted molar refractivity (Wildman–Crippen MR) is 122 cm³/mol. The SMILES string of the molecule is Cc1ccc(Cl)cc1NC(=O)COC(=O)[C@@H](C)N1C(=O)c2c(Cl)c(Cl)c(Cl)c(Cl)c2C1=O. The van der Waals surface area contributed by atoms with Crippen LogP contribution >= 0.6 is 58.0 Å². The van der Waals surface area contributed by atoms with Crippen molar-refractivity contribution in [2.24, 2.45) is 0 Å². The van der Waals surface area contributed by atoms with Crippen molar-refractivity contribution in [3.63, 3.8) is 0 Å². The number of imide groups is 1. The van der Waals surface area contributed by atoms with E-state index in [9.17, 15) is 19.2 Å². The molecular weight excluding hydrogens is 525 g/mol. The third kappa shape index (κ3) is 4.40. The molecule has 2 aromatic rings. The van der Waals surface area contributed by atoms with Crippen LogP contribution in [0.2, 0.25) is 25.1 Å². The number of hydrogen-bond acceptors (Lipinski definition) is 5. The smallest absolute Gasteiger partial charge is 0.329 e. The molecule has 3 rings (SSSR count). The lowest BCUT2D eigenvalue weighted by atomic mass is 10.1. The first-order chi connectivity index (χ1) is 15.0. The normalized spacial score (nSPS) is 13.8. The van der Waals surface area contributed by atoms with Gasteiger partial charge in [0.05, 0.1) is 31.2 Å². The summed E-state index contributed by atoms with van der Waals surface area (Å²) in [5, 5.41) is 2.08. The average molecular weight is 539 g/mol. The van der Waals surface area contributed by atoms with Gasteiger partial charge < -0.3 is 10.1 Å². The predicted octanol–water partition coefficient (Wildman–Crippen LogP) is 5.43. The molecule has 1 atom stereocenters. The van der Waals surface area contributed by atoms with Crippen LogP contribution in [0.4, 0.5) is 5.69 Å². The molecular formula is C20H13Cl5N2O5. The van der Waals surface area contributed by atoms with Crippen LogP contribution in [0.15, 0.2) is 18.2 Å². The Morgan fingerprint density at radius 1 is 0.969 bits per heavy atom. The van der Waals surface area contributed by atoms with Crippen molar-refractivity contribution in [3.05, 3.63) is 60.0 Å². The van der Waals surface area contributed by atoms with E-state index in [2.05, 4.69) is 5.32 Å². The van der Waals surface area contributed by atoms with Crippen LogP contribution in [0, 0.1) is 6.92 Å². The first kappa shape index (κ1) is 24.6. The number of anilines is 1. The molecule has 32 heavy (non-hydrogen) atoms. The zero-order valence-electron chi connectivity index (χ0n) is 16.4. The Morgan fingerprint density at radius 3 is 2.03 bits per heavy atom. The van der Waals surface area contributed by atoms with Crippen molar-refractivity contribution < 1.29 is 23.9 Å². The quantitative estimate of drug-likeness (QED) is 0.237. The number of hydrogen-bond donors (Lipinski definition) is 1. The van der Waals surface area contributed by atoms with Gasteiger partial charge in [-0.05, 0) is 31.5 Å². The van der Waals surface area contributed by atoms with Gasteiger partial charge in [-0.2, -0.15) is 0 Å². The lowest BCUT2D eigenvalue weighted by Crippen LogP contribution is -2.44. The topological polar surface area (TPSA) is 92.8 Å². The minimum Gasteiger partial charge on any atom is -0.454 e. The molecule has 3 amide bonds. The molecule has 7 nitrogen and oxygen atoms in total. The van der Waals surface area contributed by atoms with Gasteiger partial charge in [-0.1, -0.05) is 64.1 Å². The molecule has 0 bridgehead atoms. The van der Waals surface area contributed by atoms with Gasteiger partial charge in [-0.25, -0.2) is 4.79 Å². The summed E-state index contributed by atoms with van der Waals surface area (Å²) in [5.41, 5.74) is 0.680. The van der Waals surface area contributed by atoms with E-state index in [4.69, 9.17) is 62.7 Å². The molecule has 0 saturated carbocycles. The Bertz CT molecular complexity index is 1140. The summed E-state index contributed by atoms with van der Waals surface area (Å²) in [6.07, 6.45) is 0. The van der Waals surface area contributed by atoms with Gasteiger partial charge in [0.1, 0.15) is 6.04 Å². The highest BCUT2D eigenvalue weighted by Crippen LogP contribution is 2.45. The third-order valence-corrected chi connectivity index (χ3v) is 6.72. The number of nitrogens with zero attached hydrogens (tertiary/aromatic N) is 1. The van der Waals surface area contributed by atoms with Crippen LogP contribution < -0.4 is 5.32 Å². The molecule has 0 saturated heterocycles. The fraction of sp³-hybridized carbons (Fsp3) is 0.200.